The Bertz CT molecular complexity index is 389. The molecule has 112 valence electrons. The summed E-state index contributed by atoms with van der Waals surface area (Å²) in [6.45, 7) is 5.04. The smallest absolute Gasteiger partial charge is 0.317 e. The van der Waals surface area contributed by atoms with Crippen molar-refractivity contribution in [1.29, 1.82) is 0 Å². The number of urea groups is 1. The van der Waals surface area contributed by atoms with Gasteiger partial charge < -0.3 is 15.0 Å². The predicted octanol–water partition coefficient (Wildman–Crippen LogP) is 3.24. The van der Waals surface area contributed by atoms with Crippen LogP contribution in [0.15, 0.2) is 16.8 Å². The lowest BCUT2D eigenvalue weighted by molar-refractivity contribution is 0.000697. The number of ether oxygens (including phenoxy) is 1. The lowest BCUT2D eigenvalue weighted by Crippen LogP contribution is -2.45. The molecule has 1 aliphatic rings. The van der Waals surface area contributed by atoms with Crippen molar-refractivity contribution in [2.45, 2.75) is 45.3 Å². The van der Waals surface area contributed by atoms with Crippen molar-refractivity contribution in [2.75, 3.05) is 19.7 Å². The second kappa shape index (κ2) is 8.27. The number of hydrogen-bond acceptors (Lipinski definition) is 3. The Morgan fingerprint density at radius 3 is 3.10 bits per heavy atom. The minimum absolute atomic E-state index is 0.0206. The monoisotopic (exact) mass is 296 g/mol. The highest BCUT2D eigenvalue weighted by molar-refractivity contribution is 7.07. The van der Waals surface area contributed by atoms with E-state index in [-0.39, 0.29) is 12.1 Å². The second-order valence-corrected chi connectivity index (χ2v) is 6.00. The van der Waals surface area contributed by atoms with Crippen LogP contribution in [0.5, 0.6) is 0 Å². The predicted molar refractivity (Wildman–Crippen MR) is 82.0 cm³/mol. The zero-order valence-electron chi connectivity index (χ0n) is 12.1. The van der Waals surface area contributed by atoms with Gasteiger partial charge in [0.15, 0.2) is 0 Å². The number of nitrogens with one attached hydrogen (secondary N) is 1. The summed E-state index contributed by atoms with van der Waals surface area (Å²) in [4.78, 5) is 14.2. The molecule has 1 aromatic heterocycles. The van der Waals surface area contributed by atoms with E-state index in [0.717, 1.165) is 38.0 Å². The zero-order chi connectivity index (χ0) is 14.2. The fraction of sp³-hybridized carbons (Fsp3) is 0.667. The second-order valence-electron chi connectivity index (χ2n) is 5.22. The maximum absolute atomic E-state index is 12.3. The van der Waals surface area contributed by atoms with Crippen LogP contribution in [-0.2, 0) is 11.3 Å². The molecule has 2 heterocycles. The van der Waals surface area contributed by atoms with Crippen LogP contribution >= 0.6 is 11.3 Å². The molecule has 2 amide bonds. The van der Waals surface area contributed by atoms with Gasteiger partial charge in [0.2, 0.25) is 0 Å². The van der Waals surface area contributed by atoms with Crippen LogP contribution < -0.4 is 5.32 Å². The van der Waals surface area contributed by atoms with Crippen molar-refractivity contribution in [2.24, 2.45) is 0 Å². The van der Waals surface area contributed by atoms with Crippen LogP contribution in [0, 0.1) is 0 Å². The van der Waals surface area contributed by atoms with Gasteiger partial charge in [0.25, 0.3) is 0 Å². The van der Waals surface area contributed by atoms with Gasteiger partial charge in [-0.15, -0.1) is 0 Å². The molecular formula is C15H24N2O2S. The first kappa shape index (κ1) is 15.3. The summed E-state index contributed by atoms with van der Waals surface area (Å²) in [5.41, 5.74) is 1.16. The largest absolute Gasteiger partial charge is 0.376 e. The van der Waals surface area contributed by atoms with Gasteiger partial charge in [0.05, 0.1) is 6.10 Å². The van der Waals surface area contributed by atoms with Crippen molar-refractivity contribution in [3.8, 4) is 0 Å². The summed E-state index contributed by atoms with van der Waals surface area (Å²) in [5.74, 6) is 0. The van der Waals surface area contributed by atoms with Gasteiger partial charge in [-0.05, 0) is 48.1 Å². The molecule has 1 fully saturated rings. The minimum Gasteiger partial charge on any atom is -0.376 e. The molecule has 0 bridgehead atoms. The molecule has 1 aromatic rings. The van der Waals surface area contributed by atoms with Crippen LogP contribution in [0.4, 0.5) is 4.79 Å². The van der Waals surface area contributed by atoms with E-state index in [1.54, 1.807) is 11.3 Å². The molecule has 4 nitrogen and oxygen atoms in total. The first-order valence-corrected chi connectivity index (χ1v) is 8.39. The molecule has 5 heteroatoms. The van der Waals surface area contributed by atoms with E-state index >= 15 is 0 Å². The summed E-state index contributed by atoms with van der Waals surface area (Å²) >= 11 is 1.65. The van der Waals surface area contributed by atoms with Crippen LogP contribution in [0.1, 0.15) is 38.2 Å². The molecule has 1 atom stereocenters. The molecule has 0 aliphatic carbocycles. The summed E-state index contributed by atoms with van der Waals surface area (Å²) in [6, 6.07) is 2.06. The average Bonchev–Trinajstić information content (AvgIpc) is 2.99. The molecule has 1 N–H and O–H groups in total. The molecule has 0 aromatic carbocycles. The van der Waals surface area contributed by atoms with Gasteiger partial charge >= 0.3 is 6.03 Å². The quantitative estimate of drug-likeness (QED) is 0.875. The molecule has 1 saturated heterocycles. The molecule has 1 unspecified atom stereocenters. The fourth-order valence-corrected chi connectivity index (χ4v) is 3.09. The Balaban J connectivity index is 1.81. The summed E-state index contributed by atoms with van der Waals surface area (Å²) < 4.78 is 5.74. The molecule has 0 spiro atoms. The third-order valence-electron chi connectivity index (χ3n) is 3.50. The average molecular weight is 296 g/mol. The normalized spacial score (nSPS) is 18.8. The number of rotatable bonds is 6. The number of carbonyl (C=O) groups is 1. The van der Waals surface area contributed by atoms with Crippen molar-refractivity contribution in [3.63, 3.8) is 0 Å². The van der Waals surface area contributed by atoms with Gasteiger partial charge in [0.1, 0.15) is 0 Å². The van der Waals surface area contributed by atoms with E-state index in [9.17, 15) is 4.79 Å². The maximum atomic E-state index is 12.3. The highest BCUT2D eigenvalue weighted by Crippen LogP contribution is 2.14. The van der Waals surface area contributed by atoms with E-state index in [1.807, 2.05) is 16.3 Å². The van der Waals surface area contributed by atoms with E-state index in [2.05, 4.69) is 17.6 Å². The van der Waals surface area contributed by atoms with E-state index in [0.29, 0.717) is 13.1 Å². The Kier molecular flexibility index (Phi) is 6.33. The minimum atomic E-state index is 0.0206. The first-order valence-electron chi connectivity index (χ1n) is 7.45. The number of carbonyl (C=O) groups excluding carboxylic acids is 1. The Morgan fingerprint density at radius 1 is 1.55 bits per heavy atom. The third kappa shape index (κ3) is 4.80. The van der Waals surface area contributed by atoms with Crippen LogP contribution in [0.25, 0.3) is 0 Å². The topological polar surface area (TPSA) is 41.6 Å². The number of thiophene rings is 1. The maximum Gasteiger partial charge on any atom is 0.317 e. The number of nitrogens with zero attached hydrogens (tertiary/aromatic N) is 1. The molecular weight excluding hydrogens is 272 g/mol. The van der Waals surface area contributed by atoms with Crippen LogP contribution in [0.2, 0.25) is 0 Å². The SMILES string of the molecule is CCCN(CC1CCCCO1)C(=O)NCc1ccsc1. The molecule has 20 heavy (non-hydrogen) atoms. The Morgan fingerprint density at radius 2 is 2.45 bits per heavy atom. The van der Waals surface area contributed by atoms with Crippen molar-refractivity contribution >= 4 is 17.4 Å². The summed E-state index contributed by atoms with van der Waals surface area (Å²) in [5, 5.41) is 7.09. The van der Waals surface area contributed by atoms with Crippen molar-refractivity contribution in [3.05, 3.63) is 22.4 Å². The molecule has 1 aliphatic heterocycles. The van der Waals surface area contributed by atoms with E-state index < -0.39 is 0 Å². The lowest BCUT2D eigenvalue weighted by atomic mass is 10.1. The molecule has 2 rings (SSSR count). The zero-order valence-corrected chi connectivity index (χ0v) is 13.0. The molecule has 0 saturated carbocycles. The van der Waals surface area contributed by atoms with Crippen molar-refractivity contribution in [1.82, 2.24) is 10.2 Å². The van der Waals surface area contributed by atoms with Gasteiger partial charge in [0, 0.05) is 26.2 Å². The number of hydrogen-bond donors (Lipinski definition) is 1. The highest BCUT2D eigenvalue weighted by atomic mass is 32.1. The van der Waals surface area contributed by atoms with E-state index in [4.69, 9.17) is 4.74 Å². The standard InChI is InChI=1S/C15H24N2O2S/c1-2-7-17(11-14-5-3-4-8-19-14)15(18)16-10-13-6-9-20-12-13/h6,9,12,14H,2-5,7-8,10-11H2,1H3,(H,16,18). The first-order chi connectivity index (χ1) is 9.79. The molecule has 0 radical (unpaired) electrons. The number of amides is 2. The fourth-order valence-electron chi connectivity index (χ4n) is 2.43. The third-order valence-corrected chi connectivity index (χ3v) is 4.23. The highest BCUT2D eigenvalue weighted by Gasteiger charge is 2.20. The van der Waals surface area contributed by atoms with Gasteiger partial charge in [-0.2, -0.15) is 11.3 Å². The van der Waals surface area contributed by atoms with Gasteiger partial charge in [-0.1, -0.05) is 6.92 Å². The summed E-state index contributed by atoms with van der Waals surface area (Å²) in [6.07, 6.45) is 4.61. The van der Waals surface area contributed by atoms with Gasteiger partial charge in [-0.3, -0.25) is 0 Å². The van der Waals surface area contributed by atoms with E-state index in [1.165, 1.54) is 6.42 Å². The van der Waals surface area contributed by atoms with Crippen LogP contribution in [0.3, 0.4) is 0 Å². The Hall–Kier alpha value is -1.07. The van der Waals surface area contributed by atoms with Crippen molar-refractivity contribution < 1.29 is 9.53 Å². The van der Waals surface area contributed by atoms with Crippen LogP contribution in [-0.4, -0.2) is 36.7 Å². The lowest BCUT2D eigenvalue weighted by Gasteiger charge is -2.29. The Labute approximate surface area is 125 Å². The van der Waals surface area contributed by atoms with Gasteiger partial charge in [-0.25, -0.2) is 4.79 Å². The summed E-state index contributed by atoms with van der Waals surface area (Å²) in [7, 11) is 0.